The largest absolute Gasteiger partial charge is 0.361 e. The van der Waals surface area contributed by atoms with Crippen LogP contribution < -0.4 is 0 Å². The van der Waals surface area contributed by atoms with Gasteiger partial charge in [-0.15, -0.1) is 0 Å². The fraction of sp³-hybridized carbons (Fsp3) is 0.571. The van der Waals surface area contributed by atoms with E-state index in [1.165, 1.54) is 29.3 Å². The van der Waals surface area contributed by atoms with Crippen LogP contribution in [0.25, 0.3) is 10.9 Å². The van der Waals surface area contributed by atoms with Crippen molar-refractivity contribution in [3.05, 3.63) is 36.0 Å². The van der Waals surface area contributed by atoms with Crippen LogP contribution in [-0.2, 0) is 4.79 Å². The molecule has 134 valence electrons. The Morgan fingerprint density at radius 1 is 1.12 bits per heavy atom. The quantitative estimate of drug-likeness (QED) is 0.925. The van der Waals surface area contributed by atoms with Crippen molar-refractivity contribution in [3.63, 3.8) is 0 Å². The van der Waals surface area contributed by atoms with Crippen molar-refractivity contribution in [1.82, 2.24) is 14.8 Å². The fourth-order valence-corrected chi connectivity index (χ4v) is 4.58. The molecule has 1 N–H and O–H groups in total. The van der Waals surface area contributed by atoms with E-state index in [-0.39, 0.29) is 0 Å². The number of likely N-dealkylation sites (tertiary alicyclic amines) is 2. The van der Waals surface area contributed by atoms with E-state index < -0.39 is 0 Å². The standard InChI is InChI=1S/C21H29N3O/c1-16-6-4-5-11-24(16)21(25)15-23-12-9-17(10-13-23)19-14-22-20-8-3-2-7-18(19)20/h2-3,7-8,14,16-17,22H,4-6,9-13,15H2,1H3. The molecule has 0 aliphatic carbocycles. The van der Waals surface area contributed by atoms with Gasteiger partial charge in [0.05, 0.1) is 6.54 Å². The molecule has 2 fully saturated rings. The summed E-state index contributed by atoms with van der Waals surface area (Å²) in [6, 6.07) is 8.98. The number of para-hydroxylation sites is 1. The van der Waals surface area contributed by atoms with Crippen LogP contribution in [0.1, 0.15) is 50.5 Å². The molecular weight excluding hydrogens is 310 g/mol. The van der Waals surface area contributed by atoms with Crippen LogP contribution >= 0.6 is 0 Å². The maximum absolute atomic E-state index is 12.6. The summed E-state index contributed by atoms with van der Waals surface area (Å²) in [5.41, 5.74) is 2.68. The summed E-state index contributed by atoms with van der Waals surface area (Å²) in [6.07, 6.45) is 8.06. The number of aromatic nitrogens is 1. The number of amides is 1. The SMILES string of the molecule is CC1CCCCN1C(=O)CN1CCC(c2c[nH]c3ccccc23)CC1. The third-order valence-electron chi connectivity index (χ3n) is 6.13. The van der Waals surface area contributed by atoms with E-state index in [0.717, 1.165) is 38.9 Å². The van der Waals surface area contributed by atoms with Gasteiger partial charge in [0.25, 0.3) is 0 Å². The van der Waals surface area contributed by atoms with E-state index in [9.17, 15) is 4.79 Å². The lowest BCUT2D eigenvalue weighted by molar-refractivity contribution is -0.135. The molecule has 1 atom stereocenters. The highest BCUT2D eigenvalue weighted by Gasteiger charge is 2.27. The van der Waals surface area contributed by atoms with E-state index in [2.05, 4.69) is 52.2 Å². The number of piperidine rings is 2. The number of fused-ring (bicyclic) bond motifs is 1. The molecule has 1 amide bonds. The van der Waals surface area contributed by atoms with E-state index >= 15 is 0 Å². The van der Waals surface area contributed by atoms with Crippen molar-refractivity contribution >= 4 is 16.8 Å². The van der Waals surface area contributed by atoms with Crippen molar-refractivity contribution in [2.45, 2.75) is 51.0 Å². The Kier molecular flexibility index (Phi) is 4.80. The number of benzene rings is 1. The number of carbonyl (C=O) groups excluding carboxylic acids is 1. The monoisotopic (exact) mass is 339 g/mol. The summed E-state index contributed by atoms with van der Waals surface area (Å²) < 4.78 is 0. The van der Waals surface area contributed by atoms with Gasteiger partial charge in [-0.2, -0.15) is 0 Å². The average Bonchev–Trinajstić information content (AvgIpc) is 3.07. The Morgan fingerprint density at radius 3 is 2.72 bits per heavy atom. The van der Waals surface area contributed by atoms with Crippen LogP contribution in [0.3, 0.4) is 0 Å². The van der Waals surface area contributed by atoms with Crippen LogP contribution in [0.4, 0.5) is 0 Å². The molecule has 1 aromatic carbocycles. The first-order valence-corrected chi connectivity index (χ1v) is 9.80. The van der Waals surface area contributed by atoms with E-state index in [0.29, 0.717) is 24.4 Å². The molecule has 0 radical (unpaired) electrons. The summed E-state index contributed by atoms with van der Waals surface area (Å²) in [7, 11) is 0. The molecule has 4 nitrogen and oxygen atoms in total. The van der Waals surface area contributed by atoms with Crippen molar-refractivity contribution in [3.8, 4) is 0 Å². The Labute approximate surface area is 150 Å². The molecule has 4 heteroatoms. The van der Waals surface area contributed by atoms with E-state index in [4.69, 9.17) is 0 Å². The minimum absolute atomic E-state index is 0.331. The first kappa shape index (κ1) is 16.6. The third kappa shape index (κ3) is 3.45. The Balaban J connectivity index is 1.34. The van der Waals surface area contributed by atoms with Gasteiger partial charge < -0.3 is 9.88 Å². The highest BCUT2D eigenvalue weighted by molar-refractivity contribution is 5.83. The number of hydrogen-bond donors (Lipinski definition) is 1. The molecule has 2 aromatic rings. The zero-order chi connectivity index (χ0) is 17.2. The second-order valence-corrected chi connectivity index (χ2v) is 7.77. The zero-order valence-corrected chi connectivity index (χ0v) is 15.2. The molecule has 2 saturated heterocycles. The molecule has 25 heavy (non-hydrogen) atoms. The predicted molar refractivity (Wildman–Crippen MR) is 102 cm³/mol. The van der Waals surface area contributed by atoms with Crippen LogP contribution in [0.2, 0.25) is 0 Å². The number of carbonyl (C=O) groups is 1. The lowest BCUT2D eigenvalue weighted by Gasteiger charge is -2.37. The molecule has 1 aromatic heterocycles. The van der Waals surface area contributed by atoms with Gasteiger partial charge in [0.1, 0.15) is 0 Å². The van der Waals surface area contributed by atoms with E-state index in [1.54, 1.807) is 0 Å². The minimum atomic E-state index is 0.331. The van der Waals surface area contributed by atoms with Gasteiger partial charge in [-0.25, -0.2) is 0 Å². The molecule has 2 aliphatic rings. The maximum Gasteiger partial charge on any atom is 0.236 e. The van der Waals surface area contributed by atoms with Crippen LogP contribution in [0.5, 0.6) is 0 Å². The molecule has 0 bridgehead atoms. The number of nitrogens with zero attached hydrogens (tertiary/aromatic N) is 2. The summed E-state index contributed by atoms with van der Waals surface area (Å²) in [5.74, 6) is 0.939. The minimum Gasteiger partial charge on any atom is -0.361 e. The maximum atomic E-state index is 12.6. The number of hydrogen-bond acceptors (Lipinski definition) is 2. The van der Waals surface area contributed by atoms with Crippen LogP contribution in [0, 0.1) is 0 Å². The van der Waals surface area contributed by atoms with Gasteiger partial charge in [0.15, 0.2) is 0 Å². The lowest BCUT2D eigenvalue weighted by Crippen LogP contribution is -2.48. The zero-order valence-electron chi connectivity index (χ0n) is 15.2. The lowest BCUT2D eigenvalue weighted by atomic mass is 9.89. The first-order chi connectivity index (χ1) is 12.2. The Bertz CT molecular complexity index is 730. The number of H-pyrrole nitrogens is 1. The topological polar surface area (TPSA) is 39.3 Å². The molecule has 2 aliphatic heterocycles. The number of aromatic amines is 1. The highest BCUT2D eigenvalue weighted by atomic mass is 16.2. The normalized spacial score (nSPS) is 23.2. The van der Waals surface area contributed by atoms with Crippen LogP contribution in [0.15, 0.2) is 30.5 Å². The van der Waals surface area contributed by atoms with Crippen molar-refractivity contribution in [2.75, 3.05) is 26.2 Å². The second-order valence-electron chi connectivity index (χ2n) is 7.77. The predicted octanol–water partition coefficient (Wildman–Crippen LogP) is 3.75. The van der Waals surface area contributed by atoms with Crippen molar-refractivity contribution in [2.24, 2.45) is 0 Å². The van der Waals surface area contributed by atoms with Gasteiger partial charge in [-0.1, -0.05) is 18.2 Å². The summed E-state index contributed by atoms with van der Waals surface area (Å²) in [4.78, 5) is 20.5. The fourth-order valence-electron chi connectivity index (χ4n) is 4.58. The number of nitrogens with one attached hydrogen (secondary N) is 1. The average molecular weight is 339 g/mol. The molecule has 0 saturated carbocycles. The molecule has 0 spiro atoms. The van der Waals surface area contributed by atoms with Gasteiger partial charge in [0.2, 0.25) is 5.91 Å². The molecule has 4 rings (SSSR count). The van der Waals surface area contributed by atoms with Crippen molar-refractivity contribution in [1.29, 1.82) is 0 Å². The summed E-state index contributed by atoms with van der Waals surface area (Å²) in [6.45, 7) is 5.80. The highest BCUT2D eigenvalue weighted by Crippen LogP contribution is 2.33. The van der Waals surface area contributed by atoms with E-state index in [1.807, 2.05) is 0 Å². The second kappa shape index (κ2) is 7.20. The van der Waals surface area contributed by atoms with Gasteiger partial charge in [-0.05, 0) is 69.7 Å². The van der Waals surface area contributed by atoms with Crippen LogP contribution in [-0.4, -0.2) is 52.9 Å². The molecule has 3 heterocycles. The van der Waals surface area contributed by atoms with Gasteiger partial charge in [0, 0.05) is 29.7 Å². The smallest absolute Gasteiger partial charge is 0.236 e. The summed E-state index contributed by atoms with van der Waals surface area (Å²) >= 11 is 0. The Morgan fingerprint density at radius 2 is 1.92 bits per heavy atom. The summed E-state index contributed by atoms with van der Waals surface area (Å²) in [5, 5.41) is 1.36. The molecular formula is C21H29N3O. The third-order valence-corrected chi connectivity index (χ3v) is 6.13. The Hall–Kier alpha value is -1.81. The van der Waals surface area contributed by atoms with Crippen molar-refractivity contribution < 1.29 is 4.79 Å². The van der Waals surface area contributed by atoms with Gasteiger partial charge in [-0.3, -0.25) is 9.69 Å². The van der Waals surface area contributed by atoms with Gasteiger partial charge >= 0.3 is 0 Å². The number of rotatable bonds is 3. The first-order valence-electron chi connectivity index (χ1n) is 9.80. The molecule has 1 unspecified atom stereocenters.